The van der Waals surface area contributed by atoms with E-state index < -0.39 is 28.9 Å². The molecule has 4 aliphatic heterocycles. The van der Waals surface area contributed by atoms with Gasteiger partial charge in [0.2, 0.25) is 0 Å². The lowest BCUT2D eigenvalue weighted by molar-refractivity contribution is -0.143. The predicted octanol–water partition coefficient (Wildman–Crippen LogP) is 1.73. The zero-order chi connectivity index (χ0) is 26.4. The van der Waals surface area contributed by atoms with E-state index in [2.05, 4.69) is 4.90 Å². The van der Waals surface area contributed by atoms with Crippen LogP contribution in [-0.4, -0.2) is 92.2 Å². The van der Waals surface area contributed by atoms with Crippen molar-refractivity contribution in [1.29, 1.82) is 0 Å². The molecule has 0 radical (unpaired) electrons. The van der Waals surface area contributed by atoms with E-state index in [9.17, 15) is 19.5 Å². The van der Waals surface area contributed by atoms with Crippen LogP contribution in [0, 0.1) is 0 Å². The Labute approximate surface area is 220 Å². The highest BCUT2D eigenvalue weighted by molar-refractivity contribution is 6.50. The van der Waals surface area contributed by atoms with E-state index in [1.807, 2.05) is 0 Å². The molecule has 198 valence electrons. The molecule has 1 spiro atoms. The van der Waals surface area contributed by atoms with Crippen molar-refractivity contribution in [1.82, 2.24) is 9.80 Å². The van der Waals surface area contributed by atoms with Crippen molar-refractivity contribution in [3.05, 3.63) is 59.2 Å². The molecule has 1 atom stereocenters. The van der Waals surface area contributed by atoms with Crippen LogP contribution in [0.25, 0.3) is 5.76 Å². The second kappa shape index (κ2) is 9.45. The Bertz CT molecular complexity index is 1350. The summed E-state index contributed by atoms with van der Waals surface area (Å²) in [5.74, 6) is -1.62. The van der Waals surface area contributed by atoms with E-state index in [1.165, 1.54) is 9.80 Å². The SMILES string of the molecule is CN1C(=O)C2(/C(=C(/O)c3ccc4c(c3)OCCO4)C(=O)C(=O)N2CCCN2CCOCC2)c2ccccc21. The monoisotopic (exact) mass is 519 g/mol. The van der Waals surface area contributed by atoms with Gasteiger partial charge in [0, 0.05) is 50.0 Å². The number of ketones is 1. The van der Waals surface area contributed by atoms with E-state index >= 15 is 0 Å². The molecule has 2 amide bonds. The fraction of sp³-hybridized carbons (Fsp3) is 0.393. The lowest BCUT2D eigenvalue weighted by Gasteiger charge is -2.35. The third kappa shape index (κ3) is 3.58. The number of anilines is 1. The van der Waals surface area contributed by atoms with Gasteiger partial charge in [0.15, 0.2) is 17.0 Å². The lowest BCUT2D eigenvalue weighted by atomic mass is 9.81. The van der Waals surface area contributed by atoms with Crippen LogP contribution in [0.15, 0.2) is 48.0 Å². The standard InChI is InChI=1S/C28H29N3O7/c1-29-20-6-3-2-5-19(20)28(27(29)35)23(24(32)18-7-8-21-22(17-18)38-16-15-37-21)25(33)26(34)31(28)10-4-9-30-11-13-36-14-12-30/h2-3,5-8,17,32H,4,9-16H2,1H3/b24-23+. The number of rotatable bonds is 5. The van der Waals surface area contributed by atoms with Gasteiger partial charge in [-0.25, -0.2) is 0 Å². The minimum Gasteiger partial charge on any atom is -0.507 e. The van der Waals surface area contributed by atoms with Crippen molar-refractivity contribution in [3.63, 3.8) is 0 Å². The fourth-order valence-corrected chi connectivity index (χ4v) is 5.88. The number of para-hydroxylation sites is 1. The topological polar surface area (TPSA) is 109 Å². The molecule has 38 heavy (non-hydrogen) atoms. The van der Waals surface area contributed by atoms with E-state index in [0.717, 1.165) is 13.1 Å². The van der Waals surface area contributed by atoms with Crippen LogP contribution < -0.4 is 14.4 Å². The van der Waals surface area contributed by atoms with Gasteiger partial charge in [-0.2, -0.15) is 0 Å². The van der Waals surface area contributed by atoms with E-state index in [1.54, 1.807) is 49.5 Å². The highest BCUT2D eigenvalue weighted by Gasteiger charge is 2.66. The molecule has 2 aromatic carbocycles. The maximum absolute atomic E-state index is 14.1. The lowest BCUT2D eigenvalue weighted by Crippen LogP contribution is -2.52. The Morgan fingerprint density at radius 2 is 1.68 bits per heavy atom. The summed E-state index contributed by atoms with van der Waals surface area (Å²) in [7, 11) is 1.62. The van der Waals surface area contributed by atoms with Crippen LogP contribution in [0.5, 0.6) is 11.5 Å². The first kappa shape index (κ1) is 24.4. The number of benzene rings is 2. The highest BCUT2D eigenvalue weighted by Crippen LogP contribution is 2.53. The predicted molar refractivity (Wildman–Crippen MR) is 137 cm³/mol. The number of aliphatic hydroxyl groups excluding tert-OH is 1. The van der Waals surface area contributed by atoms with Crippen molar-refractivity contribution in [3.8, 4) is 11.5 Å². The van der Waals surface area contributed by atoms with Gasteiger partial charge in [0.05, 0.1) is 18.8 Å². The number of aliphatic hydroxyl groups is 1. The van der Waals surface area contributed by atoms with Crippen LogP contribution >= 0.6 is 0 Å². The zero-order valence-corrected chi connectivity index (χ0v) is 21.1. The molecule has 10 nitrogen and oxygen atoms in total. The molecule has 2 aromatic rings. The van der Waals surface area contributed by atoms with E-state index in [-0.39, 0.29) is 17.7 Å². The minimum absolute atomic E-state index is 0.174. The van der Waals surface area contributed by atoms with Gasteiger partial charge < -0.3 is 29.1 Å². The maximum Gasteiger partial charge on any atom is 0.296 e. The number of nitrogens with zero attached hydrogens (tertiary/aromatic N) is 3. The van der Waals surface area contributed by atoms with Gasteiger partial charge in [-0.3, -0.25) is 19.3 Å². The van der Waals surface area contributed by atoms with E-state index in [0.29, 0.717) is 62.1 Å². The van der Waals surface area contributed by atoms with Crippen molar-refractivity contribution in [2.75, 3.05) is 64.6 Å². The second-order valence-electron chi connectivity index (χ2n) is 9.77. The molecule has 4 aliphatic rings. The van der Waals surface area contributed by atoms with Crippen LogP contribution in [0.4, 0.5) is 5.69 Å². The summed E-state index contributed by atoms with van der Waals surface area (Å²) in [6.45, 7) is 4.51. The molecule has 1 N–H and O–H groups in total. The molecule has 10 heteroatoms. The van der Waals surface area contributed by atoms with E-state index in [4.69, 9.17) is 14.2 Å². The Morgan fingerprint density at radius 1 is 0.947 bits per heavy atom. The van der Waals surface area contributed by atoms with Crippen molar-refractivity contribution >= 4 is 29.0 Å². The van der Waals surface area contributed by atoms with Gasteiger partial charge in [-0.05, 0) is 30.7 Å². The van der Waals surface area contributed by atoms with Crippen molar-refractivity contribution in [2.24, 2.45) is 0 Å². The number of likely N-dealkylation sites (tertiary alicyclic amines) is 1. The number of hydrogen-bond donors (Lipinski definition) is 1. The summed E-state index contributed by atoms with van der Waals surface area (Å²) >= 11 is 0. The summed E-state index contributed by atoms with van der Waals surface area (Å²) in [6.07, 6.45) is 0.554. The molecule has 0 bridgehead atoms. The quantitative estimate of drug-likeness (QED) is 0.362. The van der Waals surface area contributed by atoms with Crippen LogP contribution in [0.2, 0.25) is 0 Å². The number of likely N-dealkylation sites (N-methyl/N-ethyl adjacent to an activating group) is 1. The molecular formula is C28H29N3O7. The summed E-state index contributed by atoms with van der Waals surface area (Å²) in [6, 6.07) is 11.9. The largest absolute Gasteiger partial charge is 0.507 e. The Morgan fingerprint density at radius 3 is 2.47 bits per heavy atom. The molecule has 0 aromatic heterocycles. The summed E-state index contributed by atoms with van der Waals surface area (Å²) < 4.78 is 16.7. The maximum atomic E-state index is 14.1. The average Bonchev–Trinajstić information content (AvgIpc) is 3.31. The first-order valence-electron chi connectivity index (χ1n) is 12.8. The molecule has 2 saturated heterocycles. The van der Waals surface area contributed by atoms with Gasteiger partial charge in [-0.15, -0.1) is 0 Å². The fourth-order valence-electron chi connectivity index (χ4n) is 5.88. The summed E-state index contributed by atoms with van der Waals surface area (Å²) in [4.78, 5) is 46.3. The van der Waals surface area contributed by atoms with Gasteiger partial charge in [0.25, 0.3) is 17.6 Å². The molecule has 0 saturated carbocycles. The molecule has 0 aliphatic carbocycles. The Hall–Kier alpha value is -3.89. The normalized spacial score (nSPS) is 24.4. The number of Topliss-reactive ketones (excluding diaryl/α,β-unsaturated/α-hetero) is 1. The zero-order valence-electron chi connectivity index (χ0n) is 21.1. The number of amides is 2. The average molecular weight is 520 g/mol. The van der Waals surface area contributed by atoms with Gasteiger partial charge >= 0.3 is 0 Å². The summed E-state index contributed by atoms with van der Waals surface area (Å²) in [5, 5.41) is 11.6. The smallest absolute Gasteiger partial charge is 0.296 e. The Kier molecular flexibility index (Phi) is 6.08. The number of carbonyl (C=O) groups excluding carboxylic acids is 3. The van der Waals surface area contributed by atoms with Gasteiger partial charge in [0.1, 0.15) is 19.0 Å². The minimum atomic E-state index is -1.76. The number of carbonyl (C=O) groups is 3. The molecule has 1 unspecified atom stereocenters. The molecule has 6 rings (SSSR count). The van der Waals surface area contributed by atoms with Crippen molar-refractivity contribution < 1.29 is 33.7 Å². The number of ether oxygens (including phenoxy) is 3. The molecular weight excluding hydrogens is 490 g/mol. The molecule has 4 heterocycles. The van der Waals surface area contributed by atoms with Crippen LogP contribution in [0.3, 0.4) is 0 Å². The number of hydrogen-bond acceptors (Lipinski definition) is 8. The van der Waals surface area contributed by atoms with Crippen molar-refractivity contribution in [2.45, 2.75) is 12.0 Å². The molecule has 2 fully saturated rings. The second-order valence-corrected chi connectivity index (χ2v) is 9.77. The summed E-state index contributed by atoms with van der Waals surface area (Å²) in [5.41, 5.74) is -0.642. The first-order valence-corrected chi connectivity index (χ1v) is 12.8. The van der Waals surface area contributed by atoms with Crippen LogP contribution in [0.1, 0.15) is 17.5 Å². The number of morpholine rings is 1. The Balaban J connectivity index is 1.47. The van der Waals surface area contributed by atoms with Crippen LogP contribution in [-0.2, 0) is 24.7 Å². The van der Waals surface area contributed by atoms with Gasteiger partial charge in [-0.1, -0.05) is 18.2 Å². The highest BCUT2D eigenvalue weighted by atomic mass is 16.6. The third-order valence-corrected chi connectivity index (χ3v) is 7.71. The third-order valence-electron chi connectivity index (χ3n) is 7.71. The first-order chi connectivity index (χ1) is 18.4. The number of fused-ring (bicyclic) bond motifs is 3.